The fourth-order valence-corrected chi connectivity index (χ4v) is 17.5. The van der Waals surface area contributed by atoms with Gasteiger partial charge in [0.15, 0.2) is 0 Å². The monoisotopic (exact) mass is 1220 g/mol. The van der Waals surface area contributed by atoms with E-state index < -0.39 is 0 Å². The number of hydrogen-bond acceptors (Lipinski definition) is 5. The topological polar surface area (TPSA) is 68.8 Å². The van der Waals surface area contributed by atoms with Crippen molar-refractivity contribution in [1.29, 1.82) is 10.5 Å². The number of thiophene rings is 1. The highest BCUT2D eigenvalue weighted by atomic mass is 32.1. The first-order valence-electron chi connectivity index (χ1n) is 32.1. The molecule has 18 aromatic rings. The summed E-state index contributed by atoms with van der Waals surface area (Å²) in [5, 5.41) is 29.7. The Bertz CT molecular complexity index is 6350. The molecule has 0 spiro atoms. The van der Waals surface area contributed by atoms with Crippen molar-refractivity contribution in [2.75, 3.05) is 9.80 Å². The molecule has 7 nitrogen and oxygen atoms in total. The first kappa shape index (κ1) is 53.1. The molecule has 0 saturated heterocycles. The number of nitrogens with zero attached hydrogens (tertiary/aromatic N) is 7. The smallest absolute Gasteiger partial charge is 0.254 e. The molecule has 438 valence electrons. The Hall–Kier alpha value is -12.7. The van der Waals surface area contributed by atoms with Gasteiger partial charge in [0.1, 0.15) is 0 Å². The quantitative estimate of drug-likeness (QED) is 0.149. The molecule has 0 amide bonds. The van der Waals surface area contributed by atoms with Crippen molar-refractivity contribution in [2.24, 2.45) is 0 Å². The second-order valence-corrected chi connectivity index (χ2v) is 26.0. The lowest BCUT2D eigenvalue weighted by Gasteiger charge is -2.45. The van der Waals surface area contributed by atoms with Crippen LogP contribution in [0.5, 0.6) is 0 Å². The molecule has 4 aromatic heterocycles. The molecule has 0 saturated carbocycles. The molecule has 2 aliphatic heterocycles. The van der Waals surface area contributed by atoms with Gasteiger partial charge < -0.3 is 23.5 Å². The predicted molar refractivity (Wildman–Crippen MR) is 397 cm³/mol. The number of fused-ring (bicyclic) bond motifs is 17. The summed E-state index contributed by atoms with van der Waals surface area (Å²) in [6.07, 6.45) is 0. The van der Waals surface area contributed by atoms with Crippen molar-refractivity contribution in [3.63, 3.8) is 0 Å². The number of nitriles is 2. The van der Waals surface area contributed by atoms with Crippen molar-refractivity contribution in [3.05, 3.63) is 314 Å². The zero-order chi connectivity index (χ0) is 62.6. The van der Waals surface area contributed by atoms with Crippen LogP contribution in [0.1, 0.15) is 11.1 Å². The standard InChI is InChI=1S/C86H50BN7S/c88-51-53-39-43-75-66(45-53)63-29-11-18-36-73(63)90(75)57-41-42-68-77(47-57)93(69-32-14-7-25-59(69)55-21-3-1-4-22-55)79-48-58(91-71-34-16-9-27-61(71)62-28-10-17-35-72(62)91)49-80-84(79)87(68)85-81(94(80)70-33-15-8-26-60(70)56-23-5-2-6-24-56)50-78(83-65-31-13-20-38-82(65)95-86(83)85)92-74-37-19-12-30-64(74)67-46-54(52-89)40-44-76(67)92/h1-50H. The Morgan fingerprint density at radius 1 is 0.295 bits per heavy atom. The van der Waals surface area contributed by atoms with E-state index in [-0.39, 0.29) is 6.71 Å². The van der Waals surface area contributed by atoms with Crippen molar-refractivity contribution in [1.82, 2.24) is 13.7 Å². The van der Waals surface area contributed by atoms with Gasteiger partial charge in [0.25, 0.3) is 6.71 Å². The third-order valence-corrected chi connectivity index (χ3v) is 21.2. The predicted octanol–water partition coefficient (Wildman–Crippen LogP) is 20.5. The lowest BCUT2D eigenvalue weighted by Crippen LogP contribution is -2.61. The highest BCUT2D eigenvalue weighted by molar-refractivity contribution is 7.28. The molecule has 14 aromatic carbocycles. The van der Waals surface area contributed by atoms with E-state index in [2.05, 4.69) is 321 Å². The van der Waals surface area contributed by atoms with Crippen LogP contribution >= 0.6 is 11.3 Å². The molecule has 0 atom stereocenters. The summed E-state index contributed by atoms with van der Waals surface area (Å²) in [4.78, 5) is 5.21. The van der Waals surface area contributed by atoms with Crippen molar-refractivity contribution >= 4 is 154 Å². The van der Waals surface area contributed by atoms with Crippen LogP contribution in [0.3, 0.4) is 0 Å². The summed E-state index contributed by atoms with van der Waals surface area (Å²) in [6, 6.07) is 115. The molecule has 6 heterocycles. The van der Waals surface area contributed by atoms with E-state index in [4.69, 9.17) is 0 Å². The molecular weight excluding hydrogens is 1170 g/mol. The Labute approximate surface area is 550 Å². The van der Waals surface area contributed by atoms with Gasteiger partial charge in [-0.1, -0.05) is 194 Å². The third-order valence-electron chi connectivity index (χ3n) is 20.0. The van der Waals surface area contributed by atoms with Gasteiger partial charge in [0.05, 0.1) is 79.1 Å². The Morgan fingerprint density at radius 2 is 0.716 bits per heavy atom. The van der Waals surface area contributed by atoms with Crippen molar-refractivity contribution in [2.45, 2.75) is 0 Å². The molecule has 0 N–H and O–H groups in total. The fourth-order valence-electron chi connectivity index (χ4n) is 16.2. The Kier molecular flexibility index (Phi) is 11.4. The second-order valence-electron chi connectivity index (χ2n) is 24.9. The summed E-state index contributed by atoms with van der Waals surface area (Å²) >= 11 is 1.88. The van der Waals surface area contributed by atoms with Crippen LogP contribution in [0.15, 0.2) is 303 Å². The van der Waals surface area contributed by atoms with Crippen molar-refractivity contribution < 1.29 is 0 Å². The molecule has 0 aliphatic carbocycles. The lowest BCUT2D eigenvalue weighted by molar-refractivity contribution is 1.15. The van der Waals surface area contributed by atoms with Crippen LogP contribution in [-0.2, 0) is 0 Å². The largest absolute Gasteiger partial charge is 0.311 e. The summed E-state index contributed by atoms with van der Waals surface area (Å²) in [6.45, 7) is -0.316. The average molecular weight is 1220 g/mol. The van der Waals surface area contributed by atoms with Gasteiger partial charge in [0, 0.05) is 92.1 Å². The van der Waals surface area contributed by atoms with E-state index in [1.165, 1.54) is 47.3 Å². The van der Waals surface area contributed by atoms with Crippen LogP contribution in [-0.4, -0.2) is 20.4 Å². The first-order chi connectivity index (χ1) is 47.1. The zero-order valence-corrected chi connectivity index (χ0v) is 51.8. The van der Waals surface area contributed by atoms with E-state index in [9.17, 15) is 10.5 Å². The summed E-state index contributed by atoms with van der Waals surface area (Å²) in [5.74, 6) is 0. The molecule has 2 aliphatic rings. The van der Waals surface area contributed by atoms with Crippen LogP contribution in [0.4, 0.5) is 34.1 Å². The Balaban J connectivity index is 0.994. The fraction of sp³-hybridized carbons (Fsp3) is 0. The number of rotatable bonds is 7. The number of anilines is 6. The lowest BCUT2D eigenvalue weighted by atomic mass is 9.33. The van der Waals surface area contributed by atoms with Crippen molar-refractivity contribution in [3.8, 4) is 51.5 Å². The van der Waals surface area contributed by atoms with Gasteiger partial charge >= 0.3 is 0 Å². The first-order valence-corrected chi connectivity index (χ1v) is 33.0. The van der Waals surface area contributed by atoms with E-state index in [1.807, 2.05) is 29.5 Å². The van der Waals surface area contributed by atoms with Gasteiger partial charge in [-0.25, -0.2) is 0 Å². The maximum atomic E-state index is 10.4. The molecule has 0 fully saturated rings. The number of para-hydroxylation sites is 6. The van der Waals surface area contributed by atoms with Crippen LogP contribution in [0.25, 0.3) is 125 Å². The van der Waals surface area contributed by atoms with E-state index in [1.54, 1.807) is 0 Å². The van der Waals surface area contributed by atoms with E-state index >= 15 is 0 Å². The highest BCUT2D eigenvalue weighted by Crippen LogP contribution is 2.53. The van der Waals surface area contributed by atoms with Gasteiger partial charge in [-0.05, 0) is 137 Å². The molecule has 0 radical (unpaired) electrons. The van der Waals surface area contributed by atoms with Crippen LogP contribution in [0.2, 0.25) is 0 Å². The van der Waals surface area contributed by atoms with Gasteiger partial charge in [-0.3, -0.25) is 0 Å². The molecule has 95 heavy (non-hydrogen) atoms. The van der Waals surface area contributed by atoms with E-state index in [0.29, 0.717) is 11.1 Å². The summed E-state index contributed by atoms with van der Waals surface area (Å²) < 4.78 is 9.75. The summed E-state index contributed by atoms with van der Waals surface area (Å²) in [5.41, 5.74) is 25.2. The maximum absolute atomic E-state index is 10.4. The SMILES string of the molecule is N#Cc1ccc2c(c1)c1ccccc1n2-c1ccc2c(c1)N(c1ccccc1-c1ccccc1)c1cc(-n3c4ccccc4c4ccccc43)cc3c1B2c1c(cc(-n2c4ccccc4c4cc(C#N)ccc42)c2c1sc1ccccc12)N3c1ccccc1-c1ccccc1. The normalized spacial score (nSPS) is 12.5. The summed E-state index contributed by atoms with van der Waals surface area (Å²) in [7, 11) is 0. The van der Waals surface area contributed by atoms with Crippen LogP contribution in [0, 0.1) is 22.7 Å². The maximum Gasteiger partial charge on any atom is 0.254 e. The number of hydrogen-bond donors (Lipinski definition) is 0. The van der Waals surface area contributed by atoms with Gasteiger partial charge in [-0.15, -0.1) is 11.3 Å². The number of aromatic nitrogens is 3. The molecule has 0 unspecified atom stereocenters. The minimum absolute atomic E-state index is 0.316. The average Bonchev–Trinajstić information content (AvgIpc) is 1.64. The third kappa shape index (κ3) is 7.61. The minimum atomic E-state index is -0.316. The molecule has 0 bridgehead atoms. The molecule has 9 heteroatoms. The highest BCUT2D eigenvalue weighted by Gasteiger charge is 2.47. The minimum Gasteiger partial charge on any atom is -0.311 e. The molecule has 20 rings (SSSR count). The zero-order valence-electron chi connectivity index (χ0n) is 51.0. The van der Waals surface area contributed by atoms with E-state index in [0.717, 1.165) is 128 Å². The number of benzene rings is 14. The van der Waals surface area contributed by atoms with Gasteiger partial charge in [-0.2, -0.15) is 10.5 Å². The van der Waals surface area contributed by atoms with Gasteiger partial charge in [0.2, 0.25) is 0 Å². The van der Waals surface area contributed by atoms with Crippen LogP contribution < -0.4 is 26.2 Å². The molecular formula is C86H50BN7S. The second kappa shape index (κ2) is 20.4. The Morgan fingerprint density at radius 3 is 1.27 bits per heavy atom.